The number of benzene rings is 2. The van der Waals surface area contributed by atoms with E-state index in [-0.39, 0.29) is 17.4 Å². The summed E-state index contributed by atoms with van der Waals surface area (Å²) in [6, 6.07) is 7.73. The minimum absolute atomic E-state index is 0.0655. The Morgan fingerprint density at radius 2 is 2.00 bits per heavy atom. The zero-order chi connectivity index (χ0) is 20.8. The zero-order valence-electron chi connectivity index (χ0n) is 17.8. The summed E-state index contributed by atoms with van der Waals surface area (Å²) < 4.78 is 12.1. The van der Waals surface area contributed by atoms with Crippen LogP contribution in [0.25, 0.3) is 16.7 Å². The van der Waals surface area contributed by atoms with E-state index < -0.39 is 0 Å². The minimum Gasteiger partial charge on any atom is -0.504 e. The van der Waals surface area contributed by atoms with Gasteiger partial charge in [0.25, 0.3) is 0 Å². The van der Waals surface area contributed by atoms with Crippen molar-refractivity contribution in [2.75, 3.05) is 12.4 Å². The van der Waals surface area contributed by atoms with Gasteiger partial charge in [-0.3, -0.25) is 0 Å². The van der Waals surface area contributed by atoms with E-state index in [1.165, 1.54) is 16.7 Å². The number of methoxy groups -OCH3 is 1. The maximum atomic E-state index is 10.4. The predicted molar refractivity (Wildman–Crippen MR) is 119 cm³/mol. The molecule has 4 rings (SSSR count). The van der Waals surface area contributed by atoms with Gasteiger partial charge in [-0.2, -0.15) is 0 Å². The number of allylic oxidation sites excluding steroid dienone is 3. The summed E-state index contributed by atoms with van der Waals surface area (Å²) in [5.74, 6) is 1.34. The Morgan fingerprint density at radius 3 is 2.72 bits per heavy atom. The van der Waals surface area contributed by atoms with E-state index in [0.717, 1.165) is 35.4 Å². The first-order valence-corrected chi connectivity index (χ1v) is 10.2. The Balaban J connectivity index is 1.97. The molecule has 29 heavy (non-hydrogen) atoms. The number of phenols is 1. The second kappa shape index (κ2) is 7.18. The van der Waals surface area contributed by atoms with Crippen LogP contribution in [-0.4, -0.2) is 17.8 Å². The second-order valence-electron chi connectivity index (χ2n) is 8.37. The first-order chi connectivity index (χ1) is 13.9. The third-order valence-corrected chi connectivity index (χ3v) is 5.67. The van der Waals surface area contributed by atoms with E-state index in [1.54, 1.807) is 13.2 Å². The average molecular weight is 392 g/mol. The quantitative estimate of drug-likeness (QED) is 0.587. The van der Waals surface area contributed by atoms with E-state index in [9.17, 15) is 5.11 Å². The van der Waals surface area contributed by atoms with Gasteiger partial charge < -0.3 is 19.9 Å². The van der Waals surface area contributed by atoms with Gasteiger partial charge in [0.15, 0.2) is 11.5 Å². The van der Waals surface area contributed by atoms with E-state index in [1.807, 2.05) is 13.0 Å². The molecule has 2 aromatic rings. The zero-order valence-corrected chi connectivity index (χ0v) is 17.8. The Kier molecular flexibility index (Phi) is 4.81. The summed E-state index contributed by atoms with van der Waals surface area (Å²) in [6.45, 7) is 8.56. The molecule has 0 spiro atoms. The molecule has 0 amide bonds. The molecule has 0 bridgehead atoms. The fourth-order valence-electron chi connectivity index (χ4n) is 4.64. The normalized spacial score (nSPS) is 18.8. The van der Waals surface area contributed by atoms with Crippen LogP contribution < -0.4 is 14.8 Å². The average Bonchev–Trinajstić information content (AvgIpc) is 2.66. The van der Waals surface area contributed by atoms with Crippen molar-refractivity contribution in [2.24, 2.45) is 0 Å². The number of hydrogen-bond acceptors (Lipinski definition) is 4. The lowest BCUT2D eigenvalue weighted by Crippen LogP contribution is -2.32. The predicted octanol–water partition coefficient (Wildman–Crippen LogP) is 6.47. The van der Waals surface area contributed by atoms with Crippen molar-refractivity contribution in [3.63, 3.8) is 0 Å². The molecule has 0 aromatic heterocycles. The monoisotopic (exact) mass is 391 g/mol. The Labute approximate surface area is 172 Å². The van der Waals surface area contributed by atoms with E-state index in [2.05, 4.69) is 56.4 Å². The molecule has 0 aliphatic carbocycles. The van der Waals surface area contributed by atoms with Gasteiger partial charge in [-0.1, -0.05) is 24.3 Å². The summed E-state index contributed by atoms with van der Waals surface area (Å²) in [5.41, 5.74) is 6.51. The smallest absolute Gasteiger partial charge is 0.172 e. The van der Waals surface area contributed by atoms with Crippen LogP contribution in [0.4, 0.5) is 5.69 Å². The molecular weight excluding hydrogens is 362 g/mol. The lowest BCUT2D eigenvalue weighted by Gasteiger charge is -2.37. The molecule has 2 N–H and O–H groups in total. The van der Waals surface area contributed by atoms with Gasteiger partial charge in [-0.15, -0.1) is 0 Å². The summed E-state index contributed by atoms with van der Waals surface area (Å²) in [4.78, 5) is 0. The van der Waals surface area contributed by atoms with Crippen LogP contribution in [0.2, 0.25) is 0 Å². The van der Waals surface area contributed by atoms with Crippen molar-refractivity contribution in [1.82, 2.24) is 0 Å². The SMILES string of the molecule is C/C=C\CCC1Oc2ccc(O)c(OC)c2-c2ccc3c(c21)C(C)=CC(C)(C)N3. The molecule has 2 aromatic carbocycles. The topological polar surface area (TPSA) is 50.7 Å². The summed E-state index contributed by atoms with van der Waals surface area (Å²) in [6.07, 6.45) is 8.28. The van der Waals surface area contributed by atoms with E-state index in [0.29, 0.717) is 5.75 Å². The van der Waals surface area contributed by atoms with E-state index in [4.69, 9.17) is 9.47 Å². The molecule has 4 heteroatoms. The van der Waals surface area contributed by atoms with Gasteiger partial charge in [0.05, 0.1) is 18.2 Å². The maximum Gasteiger partial charge on any atom is 0.172 e. The number of hydrogen-bond donors (Lipinski definition) is 2. The van der Waals surface area contributed by atoms with E-state index >= 15 is 0 Å². The molecule has 1 atom stereocenters. The number of ether oxygens (including phenoxy) is 2. The maximum absolute atomic E-state index is 10.4. The van der Waals surface area contributed by atoms with Gasteiger partial charge in [-0.05, 0) is 69.9 Å². The number of phenolic OH excluding ortho intramolecular Hbond substituents is 1. The molecule has 2 aliphatic heterocycles. The molecule has 1 unspecified atom stereocenters. The number of nitrogens with one attached hydrogen (secondary N) is 1. The van der Waals surface area contributed by atoms with Crippen molar-refractivity contribution < 1.29 is 14.6 Å². The van der Waals surface area contributed by atoms with Crippen molar-refractivity contribution in [3.05, 3.63) is 53.6 Å². The standard InChI is InChI=1S/C25H29NO3/c1-6-7-8-9-19-22-16(23-20(29-19)13-12-18(27)24(23)28-5)10-11-17-21(22)15(2)14-25(3,4)26-17/h6-7,10-14,19,26-27H,8-9H2,1-5H3/b7-6-. The van der Waals surface area contributed by atoms with Gasteiger partial charge in [-0.25, -0.2) is 0 Å². The van der Waals surface area contributed by atoms with Gasteiger partial charge >= 0.3 is 0 Å². The van der Waals surface area contributed by atoms with Crippen LogP contribution in [0.3, 0.4) is 0 Å². The van der Waals surface area contributed by atoms with Crippen molar-refractivity contribution in [2.45, 2.75) is 52.2 Å². The van der Waals surface area contributed by atoms with Crippen LogP contribution in [-0.2, 0) is 0 Å². The Hall–Kier alpha value is -2.88. The van der Waals surface area contributed by atoms with Crippen LogP contribution in [0.5, 0.6) is 17.2 Å². The number of rotatable bonds is 4. The molecule has 4 nitrogen and oxygen atoms in total. The molecular formula is C25H29NO3. The third-order valence-electron chi connectivity index (χ3n) is 5.67. The van der Waals surface area contributed by atoms with Gasteiger partial charge in [0, 0.05) is 16.8 Å². The van der Waals surface area contributed by atoms with Crippen molar-refractivity contribution >= 4 is 11.3 Å². The highest BCUT2D eigenvalue weighted by atomic mass is 16.5. The van der Waals surface area contributed by atoms with Crippen LogP contribution in [0, 0.1) is 0 Å². The highest BCUT2D eigenvalue weighted by molar-refractivity contribution is 5.92. The largest absolute Gasteiger partial charge is 0.504 e. The molecule has 152 valence electrons. The Morgan fingerprint density at radius 1 is 1.21 bits per heavy atom. The molecule has 2 heterocycles. The summed E-state index contributed by atoms with van der Waals surface area (Å²) in [5, 5.41) is 14.0. The molecule has 0 saturated carbocycles. The second-order valence-corrected chi connectivity index (χ2v) is 8.37. The first kappa shape index (κ1) is 19.4. The third kappa shape index (κ3) is 3.27. The van der Waals surface area contributed by atoms with Crippen LogP contribution in [0.1, 0.15) is 57.8 Å². The first-order valence-electron chi connectivity index (χ1n) is 10.2. The molecule has 0 saturated heterocycles. The van der Waals surface area contributed by atoms with Crippen LogP contribution in [0.15, 0.2) is 42.5 Å². The fourth-order valence-corrected chi connectivity index (χ4v) is 4.64. The molecule has 0 radical (unpaired) electrons. The lowest BCUT2D eigenvalue weighted by molar-refractivity contribution is 0.191. The van der Waals surface area contributed by atoms with Crippen LogP contribution >= 0.6 is 0 Å². The highest BCUT2D eigenvalue weighted by Gasteiger charge is 2.35. The van der Waals surface area contributed by atoms with Gasteiger partial charge in [0.2, 0.25) is 0 Å². The number of aromatic hydroxyl groups is 1. The fraction of sp³-hybridized carbons (Fsp3) is 0.360. The minimum atomic E-state index is -0.102. The van der Waals surface area contributed by atoms with Crippen molar-refractivity contribution in [1.29, 1.82) is 0 Å². The van der Waals surface area contributed by atoms with Gasteiger partial charge in [0.1, 0.15) is 11.9 Å². The molecule has 0 fully saturated rings. The summed E-state index contributed by atoms with van der Waals surface area (Å²) in [7, 11) is 1.58. The Bertz CT molecular complexity index is 1020. The molecule has 2 aliphatic rings. The summed E-state index contributed by atoms with van der Waals surface area (Å²) >= 11 is 0. The van der Waals surface area contributed by atoms with Crippen molar-refractivity contribution in [3.8, 4) is 28.4 Å². The lowest BCUT2D eigenvalue weighted by atomic mass is 9.81. The highest BCUT2D eigenvalue weighted by Crippen LogP contribution is 2.54. The number of anilines is 1. The number of fused-ring (bicyclic) bond motifs is 5.